The van der Waals surface area contributed by atoms with Crippen molar-refractivity contribution < 1.29 is 9.21 Å². The zero-order valence-electron chi connectivity index (χ0n) is 8.76. The van der Waals surface area contributed by atoms with Crippen molar-refractivity contribution in [3.63, 3.8) is 0 Å². The van der Waals surface area contributed by atoms with E-state index in [-0.39, 0.29) is 5.91 Å². The Hall–Kier alpha value is -1.29. The van der Waals surface area contributed by atoms with Crippen molar-refractivity contribution in [1.29, 1.82) is 0 Å². The van der Waals surface area contributed by atoms with Crippen LogP contribution in [0.4, 0.5) is 0 Å². The summed E-state index contributed by atoms with van der Waals surface area (Å²) in [6, 6.07) is 1.88. The Morgan fingerprint density at radius 1 is 1.64 bits per heavy atom. The molecule has 0 spiro atoms. The third-order valence-corrected chi connectivity index (χ3v) is 2.28. The van der Waals surface area contributed by atoms with Gasteiger partial charge in [-0.05, 0) is 32.4 Å². The van der Waals surface area contributed by atoms with Crippen molar-refractivity contribution in [3.05, 3.63) is 23.7 Å². The lowest BCUT2D eigenvalue weighted by Gasteiger charge is -2.21. The van der Waals surface area contributed by atoms with Gasteiger partial charge in [0, 0.05) is 0 Å². The molecule has 0 aliphatic heterocycles. The minimum absolute atomic E-state index is 0.373. The second-order valence-corrected chi connectivity index (χ2v) is 3.87. The molecule has 0 saturated heterocycles. The van der Waals surface area contributed by atoms with E-state index in [0.29, 0.717) is 6.54 Å². The zero-order chi connectivity index (χ0) is 10.8. The Morgan fingerprint density at radius 3 is 2.71 bits per heavy atom. The fourth-order valence-corrected chi connectivity index (χ4v) is 0.974. The van der Waals surface area contributed by atoms with Gasteiger partial charge in [-0.1, -0.05) is 0 Å². The van der Waals surface area contributed by atoms with Gasteiger partial charge in [0.15, 0.2) is 0 Å². The number of aryl methyl sites for hydroxylation is 1. The van der Waals surface area contributed by atoms with Gasteiger partial charge in [0.05, 0.1) is 18.3 Å². The maximum absolute atomic E-state index is 11.0. The molecule has 4 heteroatoms. The molecular weight excluding hydrogens is 180 g/mol. The molecule has 78 valence electrons. The van der Waals surface area contributed by atoms with E-state index in [1.54, 1.807) is 20.1 Å². The summed E-state index contributed by atoms with van der Waals surface area (Å²) < 4.78 is 5.22. The molecule has 0 aromatic carbocycles. The van der Waals surface area contributed by atoms with Crippen LogP contribution in [0, 0.1) is 6.92 Å². The summed E-state index contributed by atoms with van der Waals surface area (Å²) in [6.07, 6.45) is 1.63. The first kappa shape index (κ1) is 10.8. The number of amides is 1. The van der Waals surface area contributed by atoms with E-state index in [2.05, 4.69) is 5.32 Å². The second-order valence-electron chi connectivity index (χ2n) is 3.87. The lowest BCUT2D eigenvalue weighted by molar-refractivity contribution is -0.123. The van der Waals surface area contributed by atoms with E-state index in [1.165, 1.54) is 0 Å². The summed E-state index contributed by atoms with van der Waals surface area (Å²) in [5.41, 5.74) is 5.57. The molecule has 1 aromatic rings. The maximum atomic E-state index is 11.0. The van der Waals surface area contributed by atoms with Crippen molar-refractivity contribution in [3.8, 4) is 0 Å². The molecule has 1 heterocycles. The van der Waals surface area contributed by atoms with Crippen LogP contribution in [0.1, 0.15) is 25.2 Å². The van der Waals surface area contributed by atoms with Crippen molar-refractivity contribution in [2.24, 2.45) is 5.73 Å². The van der Waals surface area contributed by atoms with Crippen LogP contribution >= 0.6 is 0 Å². The minimum atomic E-state index is -0.709. The molecule has 1 rings (SSSR count). The van der Waals surface area contributed by atoms with Crippen LogP contribution in [-0.4, -0.2) is 11.4 Å². The van der Waals surface area contributed by atoms with Gasteiger partial charge in [0.1, 0.15) is 5.76 Å². The first-order valence-corrected chi connectivity index (χ1v) is 4.51. The molecule has 14 heavy (non-hydrogen) atoms. The minimum Gasteiger partial charge on any atom is -0.468 e. The lowest BCUT2D eigenvalue weighted by atomic mass is 10.1. The van der Waals surface area contributed by atoms with Crippen molar-refractivity contribution in [2.45, 2.75) is 32.9 Å². The molecule has 0 bridgehead atoms. The lowest BCUT2D eigenvalue weighted by Crippen LogP contribution is -2.50. The van der Waals surface area contributed by atoms with Crippen LogP contribution in [0.25, 0.3) is 0 Å². The first-order valence-electron chi connectivity index (χ1n) is 4.51. The summed E-state index contributed by atoms with van der Waals surface area (Å²) in [7, 11) is 0. The first-order chi connectivity index (χ1) is 6.43. The van der Waals surface area contributed by atoms with E-state index < -0.39 is 5.54 Å². The predicted molar refractivity (Wildman–Crippen MR) is 53.6 cm³/mol. The molecule has 0 saturated carbocycles. The molecule has 0 atom stereocenters. The Bertz CT molecular complexity index is 329. The van der Waals surface area contributed by atoms with E-state index >= 15 is 0 Å². The van der Waals surface area contributed by atoms with Gasteiger partial charge < -0.3 is 10.2 Å². The number of furan rings is 1. The van der Waals surface area contributed by atoms with Gasteiger partial charge in [0.2, 0.25) is 5.91 Å². The molecule has 0 aliphatic rings. The monoisotopic (exact) mass is 196 g/mol. The van der Waals surface area contributed by atoms with Gasteiger partial charge in [-0.15, -0.1) is 0 Å². The van der Waals surface area contributed by atoms with Crippen LogP contribution in [0.15, 0.2) is 16.7 Å². The average Bonchev–Trinajstić information content (AvgIpc) is 2.47. The van der Waals surface area contributed by atoms with E-state index in [1.807, 2.05) is 13.0 Å². The highest BCUT2D eigenvalue weighted by Gasteiger charge is 2.24. The van der Waals surface area contributed by atoms with E-state index in [4.69, 9.17) is 10.2 Å². The van der Waals surface area contributed by atoms with Gasteiger partial charge in [-0.2, -0.15) is 0 Å². The molecule has 1 aromatic heterocycles. The number of hydrogen-bond acceptors (Lipinski definition) is 3. The highest BCUT2D eigenvalue weighted by molar-refractivity contribution is 5.83. The summed E-state index contributed by atoms with van der Waals surface area (Å²) in [5.74, 6) is 0.459. The molecule has 4 nitrogen and oxygen atoms in total. The summed E-state index contributed by atoms with van der Waals surface area (Å²) in [6.45, 7) is 5.95. The van der Waals surface area contributed by atoms with Gasteiger partial charge in [-0.25, -0.2) is 0 Å². The Kier molecular flexibility index (Phi) is 2.96. The molecule has 0 unspecified atom stereocenters. The molecule has 0 fully saturated rings. The predicted octanol–water partition coefficient (Wildman–Crippen LogP) is 0.942. The average molecular weight is 196 g/mol. The molecule has 1 amide bonds. The highest BCUT2D eigenvalue weighted by Crippen LogP contribution is 2.10. The summed E-state index contributed by atoms with van der Waals surface area (Å²) in [5, 5.41) is 3.03. The van der Waals surface area contributed by atoms with Gasteiger partial charge >= 0.3 is 0 Å². The third-order valence-electron chi connectivity index (χ3n) is 2.28. The van der Waals surface area contributed by atoms with Crippen molar-refractivity contribution in [2.75, 3.05) is 0 Å². The SMILES string of the molecule is Cc1ccoc1CNC(C)(C)C(N)=O. The summed E-state index contributed by atoms with van der Waals surface area (Å²) >= 11 is 0. The number of carbonyl (C=O) groups is 1. The molecule has 0 aliphatic carbocycles. The van der Waals surface area contributed by atoms with Crippen molar-refractivity contribution in [1.82, 2.24) is 5.32 Å². The van der Waals surface area contributed by atoms with Crippen LogP contribution in [0.3, 0.4) is 0 Å². The number of hydrogen-bond donors (Lipinski definition) is 2. The van der Waals surface area contributed by atoms with E-state index in [0.717, 1.165) is 11.3 Å². The number of nitrogens with two attached hydrogens (primary N) is 1. The Labute approximate surface area is 83.5 Å². The molecular formula is C10H16N2O2. The van der Waals surface area contributed by atoms with Crippen LogP contribution in [-0.2, 0) is 11.3 Å². The Balaban J connectivity index is 2.57. The van der Waals surface area contributed by atoms with Gasteiger partial charge in [0.25, 0.3) is 0 Å². The standard InChI is InChI=1S/C10H16N2O2/c1-7-4-5-14-8(7)6-12-10(2,3)9(11)13/h4-5,12H,6H2,1-3H3,(H2,11,13). The third kappa shape index (κ3) is 2.35. The number of rotatable bonds is 4. The van der Waals surface area contributed by atoms with Crippen molar-refractivity contribution >= 4 is 5.91 Å². The Morgan fingerprint density at radius 2 is 2.29 bits per heavy atom. The second kappa shape index (κ2) is 3.84. The normalized spacial score (nSPS) is 11.6. The number of primary amides is 1. The quantitative estimate of drug-likeness (QED) is 0.753. The topological polar surface area (TPSA) is 68.3 Å². The fourth-order valence-electron chi connectivity index (χ4n) is 0.974. The zero-order valence-corrected chi connectivity index (χ0v) is 8.76. The largest absolute Gasteiger partial charge is 0.468 e. The smallest absolute Gasteiger partial charge is 0.237 e. The fraction of sp³-hybridized carbons (Fsp3) is 0.500. The molecule has 0 radical (unpaired) electrons. The number of nitrogens with one attached hydrogen (secondary N) is 1. The van der Waals surface area contributed by atoms with Crippen LogP contribution in [0.2, 0.25) is 0 Å². The highest BCUT2D eigenvalue weighted by atomic mass is 16.3. The summed E-state index contributed by atoms with van der Waals surface area (Å²) in [4.78, 5) is 11.0. The van der Waals surface area contributed by atoms with Gasteiger partial charge in [-0.3, -0.25) is 10.1 Å². The molecule has 3 N–H and O–H groups in total. The van der Waals surface area contributed by atoms with Crippen LogP contribution in [0.5, 0.6) is 0 Å². The van der Waals surface area contributed by atoms with Crippen LogP contribution < -0.4 is 11.1 Å². The van der Waals surface area contributed by atoms with E-state index in [9.17, 15) is 4.79 Å². The maximum Gasteiger partial charge on any atom is 0.237 e. The number of carbonyl (C=O) groups excluding carboxylic acids is 1.